The molecule has 112 valence electrons. The molecule has 1 unspecified atom stereocenters. The predicted molar refractivity (Wildman–Crippen MR) is 87.0 cm³/mol. The Hall–Kier alpha value is -0.860. The number of nitrogens with zero attached hydrogens (tertiary/aromatic N) is 1. The molecule has 0 radical (unpaired) electrons. The van der Waals surface area contributed by atoms with Crippen LogP contribution >= 0.6 is 0 Å². The van der Waals surface area contributed by atoms with Crippen LogP contribution in [0.4, 0.5) is 0 Å². The average molecular weight is 274 g/mol. The fraction of sp³-hybridized carbons (Fsp3) is 0.667. The summed E-state index contributed by atoms with van der Waals surface area (Å²) in [5.41, 5.74) is 2.91. The minimum Gasteiger partial charge on any atom is -0.319 e. The second-order valence-corrected chi connectivity index (χ2v) is 6.05. The molecule has 2 rings (SSSR count). The lowest BCUT2D eigenvalue weighted by atomic mass is 10.1. The van der Waals surface area contributed by atoms with Crippen molar-refractivity contribution in [2.75, 3.05) is 20.1 Å². The highest BCUT2D eigenvalue weighted by Gasteiger charge is 2.19. The quantitative estimate of drug-likeness (QED) is 0.852. The van der Waals surface area contributed by atoms with E-state index in [2.05, 4.69) is 41.4 Å². The van der Waals surface area contributed by atoms with Crippen molar-refractivity contribution in [2.45, 2.75) is 58.0 Å². The summed E-state index contributed by atoms with van der Waals surface area (Å²) in [6, 6.07) is 10.0. The van der Waals surface area contributed by atoms with Gasteiger partial charge in [0.2, 0.25) is 0 Å². The fourth-order valence-electron chi connectivity index (χ4n) is 3.22. The van der Waals surface area contributed by atoms with Crippen molar-refractivity contribution >= 4 is 0 Å². The lowest BCUT2D eigenvalue weighted by molar-refractivity contribution is 0.186. The van der Waals surface area contributed by atoms with E-state index < -0.39 is 0 Å². The number of hydrogen-bond acceptors (Lipinski definition) is 2. The monoisotopic (exact) mass is 274 g/mol. The summed E-state index contributed by atoms with van der Waals surface area (Å²) < 4.78 is 0. The molecule has 0 aliphatic carbocycles. The van der Waals surface area contributed by atoms with E-state index in [0.29, 0.717) is 0 Å². The third-order valence-electron chi connectivity index (χ3n) is 4.54. The molecule has 2 nitrogen and oxygen atoms in total. The Balaban J connectivity index is 1.93. The highest BCUT2D eigenvalue weighted by Crippen LogP contribution is 2.21. The molecule has 1 heterocycles. The maximum atomic E-state index is 3.21. The number of nitrogens with one attached hydrogen (secondary N) is 1. The Kier molecular flexibility index (Phi) is 6.55. The molecule has 0 aromatic heterocycles. The van der Waals surface area contributed by atoms with Gasteiger partial charge in [0, 0.05) is 12.6 Å². The van der Waals surface area contributed by atoms with Crippen LogP contribution in [-0.2, 0) is 13.0 Å². The highest BCUT2D eigenvalue weighted by atomic mass is 15.2. The summed E-state index contributed by atoms with van der Waals surface area (Å²) >= 11 is 0. The second kappa shape index (κ2) is 8.43. The molecule has 0 saturated carbocycles. The molecule has 1 saturated heterocycles. The molecule has 1 aromatic rings. The maximum absolute atomic E-state index is 3.21. The van der Waals surface area contributed by atoms with Gasteiger partial charge in [-0.3, -0.25) is 4.90 Å². The van der Waals surface area contributed by atoms with Crippen LogP contribution in [0.5, 0.6) is 0 Å². The molecular weight excluding hydrogens is 244 g/mol. The number of rotatable bonds is 6. The highest BCUT2D eigenvalue weighted by molar-refractivity contribution is 5.22. The first-order valence-corrected chi connectivity index (χ1v) is 8.30. The summed E-state index contributed by atoms with van der Waals surface area (Å²) in [5.74, 6) is 0. The molecule has 0 spiro atoms. The van der Waals surface area contributed by atoms with Crippen LogP contribution in [0.2, 0.25) is 0 Å². The Morgan fingerprint density at radius 2 is 1.85 bits per heavy atom. The van der Waals surface area contributed by atoms with Gasteiger partial charge >= 0.3 is 0 Å². The molecule has 2 heteroatoms. The van der Waals surface area contributed by atoms with Gasteiger partial charge in [-0.05, 0) is 56.9 Å². The van der Waals surface area contributed by atoms with Gasteiger partial charge in [-0.2, -0.15) is 0 Å². The lowest BCUT2D eigenvalue weighted by Crippen LogP contribution is -2.33. The zero-order chi connectivity index (χ0) is 14.2. The van der Waals surface area contributed by atoms with E-state index in [1.807, 2.05) is 7.05 Å². The van der Waals surface area contributed by atoms with Crippen molar-refractivity contribution in [3.05, 3.63) is 35.4 Å². The molecule has 20 heavy (non-hydrogen) atoms. The van der Waals surface area contributed by atoms with E-state index >= 15 is 0 Å². The predicted octanol–water partition coefficient (Wildman–Crippen LogP) is 3.60. The number of likely N-dealkylation sites (N-methyl/N-ethyl adjacent to an activating group) is 1. The summed E-state index contributed by atoms with van der Waals surface area (Å²) in [6.07, 6.45) is 8.00. The van der Waals surface area contributed by atoms with Crippen molar-refractivity contribution in [3.63, 3.8) is 0 Å². The molecule has 0 bridgehead atoms. The number of hydrogen-bond donors (Lipinski definition) is 1. The molecule has 1 fully saturated rings. The molecule has 1 aliphatic rings. The van der Waals surface area contributed by atoms with E-state index in [4.69, 9.17) is 0 Å². The van der Waals surface area contributed by atoms with Crippen LogP contribution in [0.3, 0.4) is 0 Å². The van der Waals surface area contributed by atoms with Gasteiger partial charge in [0.1, 0.15) is 0 Å². The minimum absolute atomic E-state index is 0.793. The first-order chi connectivity index (χ1) is 9.83. The van der Waals surface area contributed by atoms with E-state index in [1.54, 1.807) is 0 Å². The zero-order valence-electron chi connectivity index (χ0n) is 13.2. The van der Waals surface area contributed by atoms with Crippen LogP contribution in [0.1, 0.15) is 50.2 Å². The largest absolute Gasteiger partial charge is 0.319 e. The van der Waals surface area contributed by atoms with Gasteiger partial charge in [-0.25, -0.2) is 0 Å². The zero-order valence-corrected chi connectivity index (χ0v) is 13.2. The molecule has 1 atom stereocenters. The lowest BCUT2D eigenvalue weighted by Gasteiger charge is -2.29. The SMILES string of the molecule is CCC1CCCCCN1Cc1ccc(CCNC)cc1. The van der Waals surface area contributed by atoms with Gasteiger partial charge in [-0.1, -0.05) is 44.0 Å². The van der Waals surface area contributed by atoms with Crippen molar-refractivity contribution in [3.8, 4) is 0 Å². The van der Waals surface area contributed by atoms with Crippen LogP contribution in [0, 0.1) is 0 Å². The minimum atomic E-state index is 0.793. The number of likely N-dealkylation sites (tertiary alicyclic amines) is 1. The average Bonchev–Trinajstić information content (AvgIpc) is 2.71. The van der Waals surface area contributed by atoms with Crippen molar-refractivity contribution in [1.82, 2.24) is 10.2 Å². The molecular formula is C18H30N2. The van der Waals surface area contributed by atoms with Crippen LogP contribution in [0.15, 0.2) is 24.3 Å². The molecule has 1 N–H and O–H groups in total. The van der Waals surface area contributed by atoms with Gasteiger partial charge in [0.25, 0.3) is 0 Å². The first kappa shape index (κ1) is 15.5. The first-order valence-electron chi connectivity index (χ1n) is 8.30. The second-order valence-electron chi connectivity index (χ2n) is 6.05. The van der Waals surface area contributed by atoms with Gasteiger partial charge in [0.05, 0.1) is 0 Å². The van der Waals surface area contributed by atoms with Crippen LogP contribution < -0.4 is 5.32 Å². The Morgan fingerprint density at radius 3 is 2.55 bits per heavy atom. The van der Waals surface area contributed by atoms with Crippen molar-refractivity contribution < 1.29 is 0 Å². The van der Waals surface area contributed by atoms with E-state index in [0.717, 1.165) is 25.6 Å². The topological polar surface area (TPSA) is 15.3 Å². The summed E-state index contributed by atoms with van der Waals surface area (Å²) in [6.45, 7) is 5.80. The molecule has 1 aliphatic heterocycles. The third-order valence-corrected chi connectivity index (χ3v) is 4.54. The fourth-order valence-corrected chi connectivity index (χ4v) is 3.22. The smallest absolute Gasteiger partial charge is 0.0236 e. The maximum Gasteiger partial charge on any atom is 0.0236 e. The number of benzene rings is 1. The van der Waals surface area contributed by atoms with Gasteiger partial charge < -0.3 is 5.32 Å². The Bertz CT molecular complexity index is 372. The van der Waals surface area contributed by atoms with E-state index in [9.17, 15) is 0 Å². The third kappa shape index (κ3) is 4.60. The summed E-state index contributed by atoms with van der Waals surface area (Å²) in [7, 11) is 2.01. The molecule has 0 amide bonds. The van der Waals surface area contributed by atoms with E-state index in [-0.39, 0.29) is 0 Å². The van der Waals surface area contributed by atoms with E-state index in [1.165, 1.54) is 49.8 Å². The van der Waals surface area contributed by atoms with Crippen LogP contribution in [-0.4, -0.2) is 31.1 Å². The van der Waals surface area contributed by atoms with Gasteiger partial charge in [0.15, 0.2) is 0 Å². The van der Waals surface area contributed by atoms with Crippen LogP contribution in [0.25, 0.3) is 0 Å². The normalized spacial score (nSPS) is 20.8. The molecule has 1 aromatic carbocycles. The Morgan fingerprint density at radius 1 is 1.10 bits per heavy atom. The summed E-state index contributed by atoms with van der Waals surface area (Å²) in [5, 5.41) is 3.21. The van der Waals surface area contributed by atoms with Crippen molar-refractivity contribution in [2.24, 2.45) is 0 Å². The van der Waals surface area contributed by atoms with Gasteiger partial charge in [-0.15, -0.1) is 0 Å². The standard InChI is InChI=1S/C18H30N2/c1-3-18-7-5-4-6-14-20(18)15-17-10-8-16(9-11-17)12-13-19-2/h8-11,18-19H,3-7,12-15H2,1-2H3. The van der Waals surface area contributed by atoms with Crippen molar-refractivity contribution in [1.29, 1.82) is 0 Å². The summed E-state index contributed by atoms with van der Waals surface area (Å²) in [4.78, 5) is 2.70. The Labute approximate surface area is 124 Å².